The van der Waals surface area contributed by atoms with Crippen molar-refractivity contribution >= 4 is 33.9 Å². The van der Waals surface area contributed by atoms with Crippen LogP contribution in [0.25, 0.3) is 0 Å². The molecular weight excluding hydrogens is 658 g/mol. The monoisotopic (exact) mass is 694 g/mol. The van der Waals surface area contributed by atoms with E-state index in [1.54, 1.807) is 13.8 Å². The Labute approximate surface area is 276 Å². The Morgan fingerprint density at radius 2 is 1.06 bits per heavy atom. The summed E-state index contributed by atoms with van der Waals surface area (Å²) in [7, 11) is 2.92. The van der Waals surface area contributed by atoms with Crippen molar-refractivity contribution in [2.24, 2.45) is 9.98 Å². The number of aliphatic imine (C=N–C) groups is 2. The first-order valence-electron chi connectivity index (χ1n) is 13.9. The molecular formula is C32H37ClF6N2O6. The number of hydrogen-bond acceptors (Lipinski definition) is 8. The Morgan fingerprint density at radius 1 is 0.681 bits per heavy atom. The van der Waals surface area contributed by atoms with E-state index in [0.29, 0.717) is 24.7 Å². The number of hydrogen-bond donors (Lipinski definition) is 0. The molecule has 0 aromatic heterocycles. The van der Waals surface area contributed by atoms with Crippen LogP contribution in [0, 0.1) is 24.2 Å². The zero-order valence-electron chi connectivity index (χ0n) is 26.7. The first-order chi connectivity index (χ1) is 22.2. The van der Waals surface area contributed by atoms with Crippen molar-refractivity contribution in [1.29, 1.82) is 0 Å². The van der Waals surface area contributed by atoms with Gasteiger partial charge >= 0.3 is 12.4 Å². The van der Waals surface area contributed by atoms with Crippen LogP contribution in [0.4, 0.5) is 37.7 Å². The molecule has 260 valence electrons. The minimum absolute atomic E-state index is 0.122. The third-order valence-electron chi connectivity index (χ3n) is 4.83. The van der Waals surface area contributed by atoms with Gasteiger partial charge in [0.05, 0.1) is 25.6 Å². The first kappa shape index (κ1) is 43.2. The lowest BCUT2D eigenvalue weighted by atomic mass is 10.3. The Hall–Kier alpha value is -3.79. The summed E-state index contributed by atoms with van der Waals surface area (Å²) in [5.41, 5.74) is -0.970. The molecule has 0 heterocycles. The Bertz CT molecular complexity index is 1300. The standard InChI is InChI=1S/C16H18F3NO3.C9H7ClF3NO.C7H12O2/c1-4-22-15(23-5-2)11-10-14(16(17,18)19)20-12-6-8-13(21-3)9-7-12;1-15-7-4-2-6(3-5-7)14-8(10)9(11,12)13;1-4-7(8-5-2)9-6-3/h6-9,15H,4-5H2,1-3H3;2-5H,1H3;1,7H,5-6H2,2-3H3. The third kappa shape index (κ3) is 19.5. The van der Waals surface area contributed by atoms with Gasteiger partial charge < -0.3 is 28.4 Å². The summed E-state index contributed by atoms with van der Waals surface area (Å²) in [6, 6.07) is 11.6. The minimum Gasteiger partial charge on any atom is -0.497 e. The van der Waals surface area contributed by atoms with Gasteiger partial charge in [-0.1, -0.05) is 11.6 Å². The molecule has 15 heteroatoms. The predicted molar refractivity (Wildman–Crippen MR) is 169 cm³/mol. The molecule has 0 unspecified atom stereocenters. The van der Waals surface area contributed by atoms with Crippen LogP contribution in [0.1, 0.15) is 27.7 Å². The summed E-state index contributed by atoms with van der Waals surface area (Å²) < 4.78 is 105. The van der Waals surface area contributed by atoms with Gasteiger partial charge in [-0.2, -0.15) is 26.3 Å². The second-order valence-electron chi connectivity index (χ2n) is 8.18. The van der Waals surface area contributed by atoms with Crippen LogP contribution in [0.5, 0.6) is 11.5 Å². The van der Waals surface area contributed by atoms with E-state index < -0.39 is 35.8 Å². The largest absolute Gasteiger partial charge is 0.497 e. The lowest BCUT2D eigenvalue weighted by Gasteiger charge is -2.10. The minimum atomic E-state index is -4.67. The van der Waals surface area contributed by atoms with E-state index in [-0.39, 0.29) is 24.6 Å². The van der Waals surface area contributed by atoms with E-state index in [1.807, 2.05) is 19.8 Å². The normalized spacial score (nSPS) is 11.8. The molecule has 0 saturated heterocycles. The number of terminal acetylenes is 1. The lowest BCUT2D eigenvalue weighted by molar-refractivity contribution is -0.0972. The van der Waals surface area contributed by atoms with Gasteiger partial charge in [-0.25, -0.2) is 9.98 Å². The fourth-order valence-electron chi connectivity index (χ4n) is 2.79. The number of alkyl halides is 6. The van der Waals surface area contributed by atoms with Crippen molar-refractivity contribution in [3.05, 3.63) is 48.5 Å². The Kier molecular flexibility index (Phi) is 21.6. The highest BCUT2D eigenvalue weighted by molar-refractivity contribution is 6.67. The summed E-state index contributed by atoms with van der Waals surface area (Å²) in [5.74, 6) is 7.72. The Balaban J connectivity index is 0.000000753. The molecule has 0 spiro atoms. The molecule has 0 saturated carbocycles. The summed E-state index contributed by atoms with van der Waals surface area (Å²) in [4.78, 5) is 6.76. The molecule has 0 atom stereocenters. The Morgan fingerprint density at radius 3 is 1.38 bits per heavy atom. The van der Waals surface area contributed by atoms with Gasteiger partial charge in [0.2, 0.25) is 17.8 Å². The molecule has 8 nitrogen and oxygen atoms in total. The maximum atomic E-state index is 13.0. The number of methoxy groups -OCH3 is 2. The number of nitrogens with zero attached hydrogens (tertiary/aromatic N) is 2. The summed E-state index contributed by atoms with van der Waals surface area (Å²) in [6.45, 7) is 8.89. The van der Waals surface area contributed by atoms with Crippen LogP contribution in [0.15, 0.2) is 58.5 Å². The van der Waals surface area contributed by atoms with Crippen molar-refractivity contribution in [2.75, 3.05) is 40.6 Å². The lowest BCUT2D eigenvalue weighted by Crippen LogP contribution is -2.22. The van der Waals surface area contributed by atoms with Crippen molar-refractivity contribution in [3.63, 3.8) is 0 Å². The van der Waals surface area contributed by atoms with Crippen molar-refractivity contribution in [1.82, 2.24) is 0 Å². The maximum Gasteiger partial charge on any atom is 0.444 e. The van der Waals surface area contributed by atoms with Gasteiger partial charge in [-0.05, 0) is 94.0 Å². The van der Waals surface area contributed by atoms with Gasteiger partial charge in [-0.15, -0.1) is 6.42 Å². The third-order valence-corrected chi connectivity index (χ3v) is 5.13. The smallest absolute Gasteiger partial charge is 0.444 e. The fraction of sp³-hybridized carbons (Fsp3) is 0.438. The predicted octanol–water partition coefficient (Wildman–Crippen LogP) is 8.28. The molecule has 2 aromatic rings. The van der Waals surface area contributed by atoms with Crippen LogP contribution >= 0.6 is 11.6 Å². The van der Waals surface area contributed by atoms with Gasteiger partial charge in [0.1, 0.15) is 11.5 Å². The quantitative estimate of drug-likeness (QED) is 0.0963. The summed E-state index contributed by atoms with van der Waals surface area (Å²) in [6.07, 6.45) is -5.71. The molecule has 0 aliphatic carbocycles. The number of benzene rings is 2. The first-order valence-corrected chi connectivity index (χ1v) is 14.3. The topological polar surface area (TPSA) is 80.1 Å². The molecule has 0 amide bonds. The molecule has 0 fully saturated rings. The van der Waals surface area contributed by atoms with Crippen LogP contribution in [0.2, 0.25) is 0 Å². The van der Waals surface area contributed by atoms with Gasteiger partial charge in [0.15, 0.2) is 5.71 Å². The van der Waals surface area contributed by atoms with Crippen molar-refractivity contribution < 1.29 is 54.8 Å². The average molecular weight is 695 g/mol. The highest BCUT2D eigenvalue weighted by Crippen LogP contribution is 2.25. The van der Waals surface area contributed by atoms with Crippen LogP contribution in [-0.4, -0.2) is 76.5 Å². The van der Waals surface area contributed by atoms with Crippen molar-refractivity contribution in [2.45, 2.75) is 52.6 Å². The van der Waals surface area contributed by atoms with E-state index in [2.05, 4.69) is 21.8 Å². The molecule has 47 heavy (non-hydrogen) atoms. The van der Waals surface area contributed by atoms with Crippen LogP contribution in [-0.2, 0) is 18.9 Å². The summed E-state index contributed by atoms with van der Waals surface area (Å²) >= 11 is 4.96. The molecule has 0 radical (unpaired) electrons. The van der Waals surface area contributed by atoms with Crippen LogP contribution in [0.3, 0.4) is 0 Å². The molecule has 2 aromatic carbocycles. The molecule has 0 N–H and O–H groups in total. The molecule has 0 aliphatic rings. The maximum absolute atomic E-state index is 13.0. The highest BCUT2D eigenvalue weighted by atomic mass is 35.5. The number of halogens is 7. The van der Waals surface area contributed by atoms with E-state index in [9.17, 15) is 26.3 Å². The highest BCUT2D eigenvalue weighted by Gasteiger charge is 2.35. The number of ether oxygens (including phenoxy) is 6. The molecule has 0 bridgehead atoms. The molecule has 0 aliphatic heterocycles. The van der Waals surface area contributed by atoms with Gasteiger partial charge in [0, 0.05) is 26.4 Å². The van der Waals surface area contributed by atoms with E-state index in [0.717, 1.165) is 0 Å². The SMILES string of the molecule is C#CC(OCC)OCC.CCOC(C#CC(=Nc1ccc(OC)cc1)C(F)(F)F)OCC.COc1ccc(N=C(Cl)C(F)(F)F)cc1. The zero-order chi connectivity index (χ0) is 35.9. The van der Waals surface area contributed by atoms with E-state index >= 15 is 0 Å². The molecule has 2 rings (SSSR count). The summed E-state index contributed by atoms with van der Waals surface area (Å²) in [5, 5.41) is -1.40. The second kappa shape index (κ2) is 23.5. The zero-order valence-corrected chi connectivity index (χ0v) is 27.4. The van der Waals surface area contributed by atoms with E-state index in [1.165, 1.54) is 62.8 Å². The second-order valence-corrected chi connectivity index (χ2v) is 8.53. The van der Waals surface area contributed by atoms with Crippen LogP contribution < -0.4 is 9.47 Å². The van der Waals surface area contributed by atoms with Crippen molar-refractivity contribution in [3.8, 4) is 35.7 Å². The van der Waals surface area contributed by atoms with Gasteiger partial charge in [-0.3, -0.25) is 0 Å². The number of rotatable bonds is 12. The van der Waals surface area contributed by atoms with Gasteiger partial charge in [0.25, 0.3) is 0 Å². The fourth-order valence-corrected chi connectivity index (χ4v) is 2.89. The van der Waals surface area contributed by atoms with E-state index in [4.69, 9.17) is 46.4 Å². The average Bonchev–Trinajstić information content (AvgIpc) is 3.03.